The summed E-state index contributed by atoms with van der Waals surface area (Å²) in [5.74, 6) is 5.93. The lowest BCUT2D eigenvalue weighted by Gasteiger charge is -2.21. The molecule has 1 N–H and O–H groups in total. The minimum atomic E-state index is -0.518. The molecule has 0 spiro atoms. The first-order valence-corrected chi connectivity index (χ1v) is 13.6. The van der Waals surface area contributed by atoms with Crippen LogP contribution < -0.4 is 10.9 Å². The molecule has 0 fully saturated rings. The van der Waals surface area contributed by atoms with Crippen LogP contribution in [0.1, 0.15) is 51.0 Å². The number of nitrogens with zero attached hydrogens (tertiary/aromatic N) is 5. The molecule has 1 atom stereocenters. The van der Waals surface area contributed by atoms with Crippen molar-refractivity contribution < 1.29 is 4.79 Å². The molecule has 6 rings (SSSR count). The molecule has 0 unspecified atom stereocenters. The van der Waals surface area contributed by atoms with E-state index in [4.69, 9.17) is 0 Å². The van der Waals surface area contributed by atoms with Crippen LogP contribution in [0, 0.1) is 25.7 Å². The molecule has 0 aliphatic carbocycles. The zero-order chi connectivity index (χ0) is 27.8. The number of nitrogens with one attached hydrogen (secondary N) is 1. The van der Waals surface area contributed by atoms with E-state index >= 15 is 0 Å². The van der Waals surface area contributed by atoms with Crippen LogP contribution >= 0.6 is 11.3 Å². The second kappa shape index (κ2) is 10.2. The standard InChI is InChI=1S/C31H24N6O2S/c1-19(33-30(38)27-20(2)35-36-16-8-15-32-29(27)36)26-17-23-10-7-9-22(13-14-24-18-40-21(3)34-24)28(23)31(39)37(26)25-11-5-4-6-12-25/h4-12,15-19H,1-3H3,(H,33,38)/t19-/m0/s1. The van der Waals surface area contributed by atoms with Crippen LogP contribution in [-0.2, 0) is 0 Å². The summed E-state index contributed by atoms with van der Waals surface area (Å²) >= 11 is 1.53. The molecular formula is C31H24N6O2S. The van der Waals surface area contributed by atoms with E-state index in [1.807, 2.05) is 73.8 Å². The van der Waals surface area contributed by atoms with Gasteiger partial charge in [0.05, 0.1) is 22.1 Å². The van der Waals surface area contributed by atoms with Crippen LogP contribution in [0.5, 0.6) is 0 Å². The van der Waals surface area contributed by atoms with Crippen molar-refractivity contribution in [2.45, 2.75) is 26.8 Å². The van der Waals surface area contributed by atoms with Crippen molar-refractivity contribution >= 4 is 33.7 Å². The number of carbonyl (C=O) groups is 1. The monoisotopic (exact) mass is 544 g/mol. The Balaban J connectivity index is 1.48. The summed E-state index contributed by atoms with van der Waals surface area (Å²) in [4.78, 5) is 36.4. The summed E-state index contributed by atoms with van der Waals surface area (Å²) < 4.78 is 3.23. The molecule has 4 aromatic heterocycles. The summed E-state index contributed by atoms with van der Waals surface area (Å²) in [5.41, 5.74) is 3.85. The summed E-state index contributed by atoms with van der Waals surface area (Å²) in [5, 5.41) is 11.6. The maximum atomic E-state index is 14.2. The Morgan fingerprint density at radius 1 is 1.05 bits per heavy atom. The van der Waals surface area contributed by atoms with Crippen LogP contribution in [0.2, 0.25) is 0 Å². The van der Waals surface area contributed by atoms with Gasteiger partial charge in [-0.2, -0.15) is 5.10 Å². The molecule has 0 saturated carbocycles. The van der Waals surface area contributed by atoms with E-state index < -0.39 is 6.04 Å². The van der Waals surface area contributed by atoms with E-state index in [1.54, 1.807) is 34.5 Å². The van der Waals surface area contributed by atoms with Gasteiger partial charge in [-0.1, -0.05) is 36.3 Å². The third kappa shape index (κ3) is 4.55. The highest BCUT2D eigenvalue weighted by Gasteiger charge is 2.23. The van der Waals surface area contributed by atoms with Crippen LogP contribution in [0.15, 0.2) is 83.2 Å². The summed E-state index contributed by atoms with van der Waals surface area (Å²) in [6.07, 6.45) is 3.38. The average molecular weight is 545 g/mol. The number of pyridine rings is 1. The van der Waals surface area contributed by atoms with Crippen molar-refractivity contribution in [2.75, 3.05) is 0 Å². The lowest BCUT2D eigenvalue weighted by atomic mass is 10.0. The van der Waals surface area contributed by atoms with Crippen molar-refractivity contribution in [2.24, 2.45) is 0 Å². The lowest BCUT2D eigenvalue weighted by Crippen LogP contribution is -2.32. The fourth-order valence-corrected chi connectivity index (χ4v) is 5.35. The SMILES string of the molecule is Cc1nc(C#Cc2cccc3cc([C@H](C)NC(=O)c4c(C)nn5cccnc45)n(-c4ccccc4)c(=O)c23)cs1. The molecule has 0 bridgehead atoms. The number of aryl methyl sites for hydroxylation is 2. The number of hydrogen-bond donors (Lipinski definition) is 1. The Morgan fingerprint density at radius 2 is 1.88 bits per heavy atom. The second-order valence-electron chi connectivity index (χ2n) is 9.36. The van der Waals surface area contributed by atoms with Crippen LogP contribution in [0.4, 0.5) is 0 Å². The van der Waals surface area contributed by atoms with Gasteiger partial charge in [-0.3, -0.25) is 14.2 Å². The number of carbonyl (C=O) groups excluding carboxylic acids is 1. The maximum Gasteiger partial charge on any atom is 0.264 e. The predicted molar refractivity (Wildman–Crippen MR) is 156 cm³/mol. The Morgan fingerprint density at radius 3 is 2.65 bits per heavy atom. The molecule has 0 aliphatic rings. The number of thiazole rings is 1. The van der Waals surface area contributed by atoms with Crippen LogP contribution in [0.25, 0.3) is 22.1 Å². The molecule has 0 aliphatic heterocycles. The maximum absolute atomic E-state index is 14.2. The zero-order valence-electron chi connectivity index (χ0n) is 22.0. The first-order valence-electron chi connectivity index (χ1n) is 12.7. The van der Waals surface area contributed by atoms with E-state index in [0.717, 1.165) is 10.4 Å². The smallest absolute Gasteiger partial charge is 0.264 e. The van der Waals surface area contributed by atoms with E-state index in [9.17, 15) is 9.59 Å². The number of rotatable bonds is 4. The van der Waals surface area contributed by atoms with Crippen LogP contribution in [-0.4, -0.2) is 30.1 Å². The Hall–Kier alpha value is -5.07. The molecule has 1 amide bonds. The first kappa shape index (κ1) is 25.2. The molecule has 196 valence electrons. The third-order valence-corrected chi connectivity index (χ3v) is 7.40. The number of fused-ring (bicyclic) bond motifs is 2. The van der Waals surface area contributed by atoms with Gasteiger partial charge in [0.25, 0.3) is 11.5 Å². The molecule has 6 aromatic rings. The van der Waals surface area contributed by atoms with Gasteiger partial charge in [0.1, 0.15) is 11.3 Å². The molecule has 2 aromatic carbocycles. The van der Waals surface area contributed by atoms with Gasteiger partial charge in [0, 0.05) is 34.7 Å². The third-order valence-electron chi connectivity index (χ3n) is 6.62. The summed E-state index contributed by atoms with van der Waals surface area (Å²) in [7, 11) is 0. The number of aromatic nitrogens is 5. The molecule has 8 nitrogen and oxygen atoms in total. The minimum absolute atomic E-state index is 0.215. The van der Waals surface area contributed by atoms with Gasteiger partial charge in [-0.25, -0.2) is 14.5 Å². The Labute approximate surface area is 234 Å². The highest BCUT2D eigenvalue weighted by atomic mass is 32.1. The van der Waals surface area contributed by atoms with Gasteiger partial charge < -0.3 is 5.32 Å². The highest BCUT2D eigenvalue weighted by Crippen LogP contribution is 2.24. The van der Waals surface area contributed by atoms with E-state index in [0.29, 0.717) is 44.9 Å². The minimum Gasteiger partial charge on any atom is -0.344 e. The summed E-state index contributed by atoms with van der Waals surface area (Å²) in [6, 6.07) is 18.2. The normalized spacial score (nSPS) is 11.8. The van der Waals surface area contributed by atoms with Crippen LogP contribution in [0.3, 0.4) is 0 Å². The number of benzene rings is 2. The molecule has 0 saturated heterocycles. The fraction of sp³-hybridized carbons (Fsp3) is 0.129. The molecule has 4 heterocycles. The van der Waals surface area contributed by atoms with Crippen molar-refractivity contribution in [1.82, 2.24) is 29.5 Å². The van der Waals surface area contributed by atoms with E-state index in [2.05, 4.69) is 32.2 Å². The molecule has 0 radical (unpaired) electrons. The quantitative estimate of drug-likeness (QED) is 0.315. The number of amides is 1. The fourth-order valence-electron chi connectivity index (χ4n) is 4.81. The van der Waals surface area contributed by atoms with E-state index in [-0.39, 0.29) is 11.5 Å². The summed E-state index contributed by atoms with van der Waals surface area (Å²) in [6.45, 7) is 5.57. The van der Waals surface area contributed by atoms with Crippen molar-refractivity contribution in [3.05, 3.63) is 122 Å². The highest BCUT2D eigenvalue weighted by molar-refractivity contribution is 7.09. The largest absolute Gasteiger partial charge is 0.344 e. The van der Waals surface area contributed by atoms with Crippen molar-refractivity contribution in [3.8, 4) is 17.5 Å². The molecule has 40 heavy (non-hydrogen) atoms. The van der Waals surface area contributed by atoms with Gasteiger partial charge in [-0.15, -0.1) is 11.3 Å². The Bertz CT molecular complexity index is 2030. The van der Waals surface area contributed by atoms with Gasteiger partial charge >= 0.3 is 0 Å². The second-order valence-corrected chi connectivity index (χ2v) is 10.4. The van der Waals surface area contributed by atoms with Gasteiger partial charge in [0.15, 0.2) is 5.65 Å². The lowest BCUT2D eigenvalue weighted by molar-refractivity contribution is 0.0939. The topological polar surface area (TPSA) is 94.2 Å². The average Bonchev–Trinajstić information content (AvgIpc) is 3.53. The zero-order valence-corrected chi connectivity index (χ0v) is 22.9. The van der Waals surface area contributed by atoms with E-state index in [1.165, 1.54) is 11.3 Å². The Kier molecular flexibility index (Phi) is 6.46. The van der Waals surface area contributed by atoms with Crippen molar-refractivity contribution in [1.29, 1.82) is 0 Å². The van der Waals surface area contributed by atoms with Gasteiger partial charge in [-0.05, 0) is 62.4 Å². The van der Waals surface area contributed by atoms with Gasteiger partial charge in [0.2, 0.25) is 0 Å². The number of hydrogen-bond acceptors (Lipinski definition) is 6. The predicted octanol–water partition coefficient (Wildman–Crippen LogP) is 5.00. The molecular weight excluding hydrogens is 520 g/mol. The first-order chi connectivity index (χ1) is 19.4. The van der Waals surface area contributed by atoms with Crippen molar-refractivity contribution in [3.63, 3.8) is 0 Å². The molecule has 9 heteroatoms. The number of para-hydroxylation sites is 1.